The number of ether oxygens (including phenoxy) is 1. The fraction of sp³-hybridized carbons (Fsp3) is 0.182. The molecule has 3 N–H and O–H groups in total. The number of rotatable bonds is 2. The van der Waals surface area contributed by atoms with E-state index in [1.54, 1.807) is 6.92 Å². The Kier molecular flexibility index (Phi) is 2.93. The summed E-state index contributed by atoms with van der Waals surface area (Å²) in [7, 11) is 1.50. The van der Waals surface area contributed by atoms with Gasteiger partial charge in [-0.3, -0.25) is 5.10 Å². The van der Waals surface area contributed by atoms with E-state index >= 15 is 0 Å². The Hall–Kier alpha value is -1.75. The highest BCUT2D eigenvalue weighted by atomic mass is 35.5. The summed E-state index contributed by atoms with van der Waals surface area (Å²) in [5, 5.41) is 6.34. The lowest BCUT2D eigenvalue weighted by Crippen LogP contribution is -1.96. The molecule has 4 nitrogen and oxygen atoms in total. The summed E-state index contributed by atoms with van der Waals surface area (Å²) in [4.78, 5) is 0. The molecule has 0 saturated carbocycles. The van der Waals surface area contributed by atoms with Gasteiger partial charge in [0.25, 0.3) is 0 Å². The number of benzene rings is 1. The number of nitrogen functional groups attached to an aromatic ring is 1. The smallest absolute Gasteiger partial charge is 0.142 e. The number of hydrogen-bond acceptors (Lipinski definition) is 3. The fourth-order valence-corrected chi connectivity index (χ4v) is 1.98. The van der Waals surface area contributed by atoms with Gasteiger partial charge >= 0.3 is 0 Å². The molecule has 0 unspecified atom stereocenters. The molecule has 1 aromatic heterocycles. The molecule has 0 aliphatic carbocycles. The van der Waals surface area contributed by atoms with Gasteiger partial charge in [0.1, 0.15) is 17.4 Å². The summed E-state index contributed by atoms with van der Waals surface area (Å²) in [6.45, 7) is 1.73. The van der Waals surface area contributed by atoms with Crippen molar-refractivity contribution in [3.05, 3.63) is 28.7 Å². The molecule has 0 bridgehead atoms. The van der Waals surface area contributed by atoms with Gasteiger partial charge in [-0.1, -0.05) is 11.6 Å². The zero-order valence-corrected chi connectivity index (χ0v) is 10.1. The van der Waals surface area contributed by atoms with Gasteiger partial charge in [-0.25, -0.2) is 4.39 Å². The van der Waals surface area contributed by atoms with Crippen molar-refractivity contribution in [1.29, 1.82) is 0 Å². The zero-order valence-electron chi connectivity index (χ0n) is 9.34. The monoisotopic (exact) mass is 255 g/mol. The molecule has 0 spiro atoms. The first-order valence-electron chi connectivity index (χ1n) is 4.88. The van der Waals surface area contributed by atoms with Crippen LogP contribution in [0.2, 0.25) is 5.02 Å². The highest BCUT2D eigenvalue weighted by molar-refractivity contribution is 6.34. The summed E-state index contributed by atoms with van der Waals surface area (Å²) >= 11 is 5.96. The molecule has 90 valence electrons. The minimum absolute atomic E-state index is 0.0273. The quantitative estimate of drug-likeness (QED) is 0.867. The molecule has 0 amide bonds. The number of methoxy groups -OCH3 is 1. The van der Waals surface area contributed by atoms with Crippen LogP contribution in [-0.4, -0.2) is 17.3 Å². The van der Waals surface area contributed by atoms with E-state index in [2.05, 4.69) is 10.2 Å². The maximum Gasteiger partial charge on any atom is 0.142 e. The van der Waals surface area contributed by atoms with E-state index in [9.17, 15) is 4.39 Å². The van der Waals surface area contributed by atoms with E-state index in [-0.39, 0.29) is 5.02 Å². The molecular formula is C11H11ClFN3O. The predicted molar refractivity (Wildman–Crippen MR) is 64.7 cm³/mol. The Morgan fingerprint density at radius 3 is 2.76 bits per heavy atom. The molecule has 1 aromatic carbocycles. The molecule has 0 aliphatic rings. The third-order valence-corrected chi connectivity index (χ3v) is 2.87. The maximum absolute atomic E-state index is 13.6. The van der Waals surface area contributed by atoms with Crippen molar-refractivity contribution in [2.24, 2.45) is 0 Å². The zero-order chi connectivity index (χ0) is 12.6. The van der Waals surface area contributed by atoms with Crippen LogP contribution in [0, 0.1) is 12.7 Å². The minimum Gasteiger partial charge on any atom is -0.496 e. The van der Waals surface area contributed by atoms with Crippen molar-refractivity contribution in [1.82, 2.24) is 10.2 Å². The standard InChI is InChI=1S/C11H11ClFN3O/c1-5-3-7(13)9(12)8(10(5)17-2)6-4-15-16-11(6)14/h3-4H,1-2H3,(H3,14,15,16). The van der Waals surface area contributed by atoms with Gasteiger partial charge in [-0.15, -0.1) is 0 Å². The number of nitrogens with zero attached hydrogens (tertiary/aromatic N) is 1. The van der Waals surface area contributed by atoms with Gasteiger partial charge in [0.05, 0.1) is 23.9 Å². The third kappa shape index (κ3) is 1.82. The Bertz CT molecular complexity index is 568. The summed E-state index contributed by atoms with van der Waals surface area (Å²) < 4.78 is 18.9. The average Bonchev–Trinajstić information content (AvgIpc) is 2.69. The number of nitrogens with two attached hydrogens (primary N) is 1. The van der Waals surface area contributed by atoms with Crippen molar-refractivity contribution in [3.8, 4) is 16.9 Å². The second-order valence-corrected chi connectivity index (χ2v) is 3.97. The van der Waals surface area contributed by atoms with Gasteiger partial charge in [0.2, 0.25) is 0 Å². The highest BCUT2D eigenvalue weighted by Crippen LogP contribution is 2.41. The van der Waals surface area contributed by atoms with Crippen LogP contribution in [0.1, 0.15) is 5.56 Å². The third-order valence-electron chi connectivity index (χ3n) is 2.50. The summed E-state index contributed by atoms with van der Waals surface area (Å²) in [6.07, 6.45) is 1.48. The number of nitrogens with one attached hydrogen (secondary N) is 1. The fourth-order valence-electron chi connectivity index (χ4n) is 1.73. The molecule has 17 heavy (non-hydrogen) atoms. The summed E-state index contributed by atoms with van der Waals surface area (Å²) in [5.41, 5.74) is 7.29. The number of hydrogen-bond donors (Lipinski definition) is 2. The summed E-state index contributed by atoms with van der Waals surface area (Å²) in [6, 6.07) is 1.32. The van der Waals surface area contributed by atoms with Gasteiger partial charge in [0, 0.05) is 5.56 Å². The second-order valence-electron chi connectivity index (χ2n) is 3.59. The Morgan fingerprint density at radius 1 is 1.53 bits per heavy atom. The molecule has 1 heterocycles. The molecule has 6 heteroatoms. The summed E-state index contributed by atoms with van der Waals surface area (Å²) in [5.74, 6) is 0.292. The van der Waals surface area contributed by atoms with Gasteiger partial charge < -0.3 is 10.5 Å². The number of aryl methyl sites for hydroxylation is 1. The molecule has 0 fully saturated rings. The van der Waals surface area contributed by atoms with Crippen molar-refractivity contribution >= 4 is 17.4 Å². The Morgan fingerprint density at radius 2 is 2.24 bits per heavy atom. The number of anilines is 1. The van der Waals surface area contributed by atoms with E-state index in [1.165, 1.54) is 19.4 Å². The van der Waals surface area contributed by atoms with E-state index in [0.717, 1.165) is 0 Å². The van der Waals surface area contributed by atoms with E-state index < -0.39 is 5.82 Å². The van der Waals surface area contributed by atoms with Gasteiger partial charge in [-0.2, -0.15) is 5.10 Å². The molecule has 0 saturated heterocycles. The molecule has 0 aliphatic heterocycles. The van der Waals surface area contributed by atoms with Crippen LogP contribution in [0.5, 0.6) is 5.75 Å². The first kappa shape index (κ1) is 11.7. The lowest BCUT2D eigenvalue weighted by atomic mass is 10.0. The normalized spacial score (nSPS) is 10.6. The van der Waals surface area contributed by atoms with Crippen molar-refractivity contribution in [2.75, 3.05) is 12.8 Å². The van der Waals surface area contributed by atoms with Crippen molar-refractivity contribution in [3.63, 3.8) is 0 Å². The number of H-pyrrole nitrogens is 1. The van der Waals surface area contributed by atoms with Crippen LogP contribution in [0.4, 0.5) is 10.2 Å². The Labute approximate surface area is 103 Å². The molecule has 2 rings (SSSR count). The van der Waals surface area contributed by atoms with Crippen LogP contribution in [0.3, 0.4) is 0 Å². The van der Waals surface area contributed by atoms with E-state index in [1.807, 2.05) is 0 Å². The van der Waals surface area contributed by atoms with Crippen molar-refractivity contribution in [2.45, 2.75) is 6.92 Å². The molecule has 0 atom stereocenters. The largest absolute Gasteiger partial charge is 0.496 e. The highest BCUT2D eigenvalue weighted by Gasteiger charge is 2.20. The Balaban J connectivity index is 2.80. The first-order valence-corrected chi connectivity index (χ1v) is 5.25. The van der Waals surface area contributed by atoms with Crippen LogP contribution in [0.25, 0.3) is 11.1 Å². The minimum atomic E-state index is -0.513. The molecule has 0 radical (unpaired) electrons. The average molecular weight is 256 g/mol. The van der Waals surface area contributed by atoms with Crippen LogP contribution in [0.15, 0.2) is 12.3 Å². The first-order chi connectivity index (χ1) is 8.06. The SMILES string of the molecule is COc1c(C)cc(F)c(Cl)c1-c1cn[nH]c1N. The molecule has 2 aromatic rings. The van der Waals surface area contributed by atoms with Crippen LogP contribution < -0.4 is 10.5 Å². The van der Waals surface area contributed by atoms with E-state index in [0.29, 0.717) is 28.3 Å². The lowest BCUT2D eigenvalue weighted by Gasteiger charge is -2.13. The second kappa shape index (κ2) is 4.25. The van der Waals surface area contributed by atoms with Gasteiger partial charge in [0.15, 0.2) is 0 Å². The maximum atomic E-state index is 13.6. The van der Waals surface area contributed by atoms with Crippen LogP contribution in [-0.2, 0) is 0 Å². The number of aromatic amines is 1. The topological polar surface area (TPSA) is 63.9 Å². The predicted octanol–water partition coefficient (Wildman–Crippen LogP) is 2.77. The van der Waals surface area contributed by atoms with E-state index in [4.69, 9.17) is 22.1 Å². The van der Waals surface area contributed by atoms with Crippen molar-refractivity contribution < 1.29 is 9.13 Å². The molecular weight excluding hydrogens is 245 g/mol. The number of aromatic nitrogens is 2. The van der Waals surface area contributed by atoms with Gasteiger partial charge in [-0.05, 0) is 18.6 Å². The number of halogens is 2. The van der Waals surface area contributed by atoms with Crippen LogP contribution >= 0.6 is 11.6 Å². The lowest BCUT2D eigenvalue weighted by molar-refractivity contribution is 0.412.